The molecule has 1 aliphatic carbocycles. The number of nitrogens with one attached hydrogen (secondary N) is 1. The average Bonchev–Trinajstić information content (AvgIpc) is 3.15. The van der Waals surface area contributed by atoms with Gasteiger partial charge in [0, 0.05) is 23.7 Å². The van der Waals surface area contributed by atoms with E-state index < -0.39 is 0 Å². The zero-order valence-corrected chi connectivity index (χ0v) is 13.5. The van der Waals surface area contributed by atoms with Crippen LogP contribution in [-0.4, -0.2) is 26.3 Å². The van der Waals surface area contributed by atoms with Crippen molar-refractivity contribution in [3.05, 3.63) is 27.6 Å². The second kappa shape index (κ2) is 4.58. The Morgan fingerprint density at radius 2 is 2.33 bits per heavy atom. The number of hydrogen-bond donors (Lipinski definition) is 2. The summed E-state index contributed by atoms with van der Waals surface area (Å²) in [5.41, 5.74) is 7.01. The number of anilines is 2. The van der Waals surface area contributed by atoms with Crippen LogP contribution in [0.4, 0.5) is 11.8 Å². The van der Waals surface area contributed by atoms with Gasteiger partial charge < -0.3 is 11.1 Å². The van der Waals surface area contributed by atoms with Gasteiger partial charge in [0.1, 0.15) is 12.1 Å². The van der Waals surface area contributed by atoms with Crippen molar-refractivity contribution in [2.75, 3.05) is 17.6 Å². The Hall–Kier alpha value is -1.34. The van der Waals surface area contributed by atoms with E-state index in [2.05, 4.69) is 36.3 Å². The molecule has 0 amide bonds. The van der Waals surface area contributed by atoms with E-state index in [9.17, 15) is 0 Å². The quantitative estimate of drug-likeness (QED) is 0.808. The molecule has 1 spiro atoms. The number of rotatable bonds is 1. The van der Waals surface area contributed by atoms with Gasteiger partial charge in [-0.1, -0.05) is 11.6 Å². The van der Waals surface area contributed by atoms with Gasteiger partial charge in [-0.25, -0.2) is 14.6 Å². The van der Waals surface area contributed by atoms with Crippen LogP contribution in [0.1, 0.15) is 30.9 Å². The molecule has 3 N–H and O–H groups in total. The van der Waals surface area contributed by atoms with Gasteiger partial charge in [0.2, 0.25) is 5.95 Å². The number of aromatic nitrogens is 4. The van der Waals surface area contributed by atoms with Crippen molar-refractivity contribution >= 4 is 39.3 Å². The summed E-state index contributed by atoms with van der Waals surface area (Å²) in [6.07, 6.45) is 6.24. The van der Waals surface area contributed by atoms with Crippen molar-refractivity contribution in [3.8, 4) is 0 Å². The molecule has 8 heteroatoms. The molecule has 3 heterocycles. The lowest BCUT2D eigenvalue weighted by atomic mass is 9.81. The molecule has 6 nitrogen and oxygen atoms in total. The van der Waals surface area contributed by atoms with E-state index in [-0.39, 0.29) is 11.5 Å². The summed E-state index contributed by atoms with van der Waals surface area (Å²) < 4.78 is 2.67. The molecule has 0 unspecified atom stereocenters. The third-order valence-corrected chi connectivity index (χ3v) is 5.85. The van der Waals surface area contributed by atoms with Gasteiger partial charge in [-0.15, -0.1) is 0 Å². The molecular weight excluding hydrogens is 356 g/mol. The second-order valence-electron chi connectivity index (χ2n) is 5.74. The van der Waals surface area contributed by atoms with Crippen molar-refractivity contribution in [2.24, 2.45) is 0 Å². The highest BCUT2D eigenvalue weighted by Gasteiger charge is 2.48. The number of nitrogen functional groups attached to an aromatic ring is 1. The van der Waals surface area contributed by atoms with E-state index in [4.69, 9.17) is 17.3 Å². The molecule has 0 aromatic carbocycles. The molecule has 0 saturated heterocycles. The average molecular weight is 370 g/mol. The van der Waals surface area contributed by atoms with E-state index in [1.54, 1.807) is 6.20 Å². The normalized spacial score (nSPS) is 27.0. The van der Waals surface area contributed by atoms with Gasteiger partial charge in [-0.05, 0) is 35.2 Å². The molecule has 1 saturated carbocycles. The van der Waals surface area contributed by atoms with Crippen molar-refractivity contribution in [1.29, 1.82) is 0 Å². The summed E-state index contributed by atoms with van der Waals surface area (Å²) in [6.45, 7) is 0.858. The maximum Gasteiger partial charge on any atom is 0.218 e. The van der Waals surface area contributed by atoms with Gasteiger partial charge in [-0.3, -0.25) is 0 Å². The van der Waals surface area contributed by atoms with Gasteiger partial charge in [-0.2, -0.15) is 5.10 Å². The first-order chi connectivity index (χ1) is 10.1. The lowest BCUT2D eigenvalue weighted by Gasteiger charge is -2.24. The van der Waals surface area contributed by atoms with Crippen LogP contribution in [0.5, 0.6) is 0 Å². The number of nitrogens with zero attached hydrogens (tertiary/aromatic N) is 4. The van der Waals surface area contributed by atoms with Crippen LogP contribution < -0.4 is 11.1 Å². The van der Waals surface area contributed by atoms with Crippen LogP contribution >= 0.6 is 27.5 Å². The largest absolute Gasteiger partial charge is 0.369 e. The van der Waals surface area contributed by atoms with Crippen LogP contribution in [0, 0.1) is 0 Å². The summed E-state index contributed by atoms with van der Waals surface area (Å²) >= 11 is 10.0. The fraction of sp³-hybridized carbons (Fsp3) is 0.462. The molecule has 4 rings (SSSR count). The summed E-state index contributed by atoms with van der Waals surface area (Å²) in [6, 6.07) is 0.260. The fourth-order valence-electron chi connectivity index (χ4n) is 3.66. The number of halogens is 2. The second-order valence-corrected chi connectivity index (χ2v) is 6.97. The highest BCUT2D eigenvalue weighted by atomic mass is 79.9. The first-order valence-electron chi connectivity index (χ1n) is 6.84. The van der Waals surface area contributed by atoms with E-state index in [0.29, 0.717) is 5.95 Å². The summed E-state index contributed by atoms with van der Waals surface area (Å²) in [7, 11) is 0. The molecule has 1 fully saturated rings. The number of pyridine rings is 1. The van der Waals surface area contributed by atoms with Gasteiger partial charge in [0.25, 0.3) is 0 Å². The SMILES string of the molecule is Nc1ncnn1[C@H]1CC[C@@]2(CNc3ncc(Br)c(Cl)c32)C1. The Kier molecular flexibility index (Phi) is 2.91. The van der Waals surface area contributed by atoms with E-state index in [1.165, 1.54) is 6.33 Å². The molecule has 2 aromatic rings. The molecule has 2 atom stereocenters. The molecule has 0 bridgehead atoms. The fourth-order valence-corrected chi connectivity index (χ4v) is 4.30. The van der Waals surface area contributed by atoms with Crippen molar-refractivity contribution in [2.45, 2.75) is 30.7 Å². The van der Waals surface area contributed by atoms with Crippen molar-refractivity contribution in [3.63, 3.8) is 0 Å². The maximum atomic E-state index is 6.53. The Morgan fingerprint density at radius 3 is 3.10 bits per heavy atom. The predicted octanol–water partition coefficient (Wildman–Crippen LogP) is 2.76. The van der Waals surface area contributed by atoms with E-state index >= 15 is 0 Å². The Morgan fingerprint density at radius 1 is 1.48 bits per heavy atom. The minimum atomic E-state index is 0.00620. The Balaban J connectivity index is 1.74. The van der Waals surface area contributed by atoms with E-state index in [1.807, 2.05) is 4.68 Å². The zero-order valence-electron chi connectivity index (χ0n) is 11.2. The van der Waals surface area contributed by atoms with Gasteiger partial charge >= 0.3 is 0 Å². The van der Waals surface area contributed by atoms with Crippen molar-refractivity contribution < 1.29 is 0 Å². The van der Waals surface area contributed by atoms with Crippen LogP contribution in [0.2, 0.25) is 5.02 Å². The molecule has 2 aromatic heterocycles. The topological polar surface area (TPSA) is 81.6 Å². The van der Waals surface area contributed by atoms with Crippen LogP contribution in [0.25, 0.3) is 0 Å². The summed E-state index contributed by atoms with van der Waals surface area (Å²) in [5.74, 6) is 1.37. The lowest BCUT2D eigenvalue weighted by molar-refractivity contribution is 0.422. The van der Waals surface area contributed by atoms with Crippen LogP contribution in [0.3, 0.4) is 0 Å². The standard InChI is InChI=1S/C13H14BrClN6/c14-8-4-17-11-9(10(8)15)13(5-18-11)2-1-7(3-13)21-12(16)19-6-20-21/h4,6-7H,1-3,5H2,(H,17,18)(H2,16,19,20)/t7-,13-/m0/s1. The predicted molar refractivity (Wildman–Crippen MR) is 84.4 cm³/mol. The first-order valence-corrected chi connectivity index (χ1v) is 8.01. The van der Waals surface area contributed by atoms with E-state index in [0.717, 1.165) is 46.7 Å². The van der Waals surface area contributed by atoms with Gasteiger partial charge in [0.15, 0.2) is 0 Å². The third kappa shape index (κ3) is 1.87. The molecule has 2 aliphatic rings. The molecular formula is C13H14BrClN6. The monoisotopic (exact) mass is 368 g/mol. The Bertz CT molecular complexity index is 717. The minimum absolute atomic E-state index is 0.00620. The summed E-state index contributed by atoms with van der Waals surface area (Å²) in [4.78, 5) is 8.46. The maximum absolute atomic E-state index is 6.53. The lowest BCUT2D eigenvalue weighted by Crippen LogP contribution is -2.26. The highest BCUT2D eigenvalue weighted by molar-refractivity contribution is 9.10. The number of nitrogens with two attached hydrogens (primary N) is 1. The third-order valence-electron chi connectivity index (χ3n) is 4.63. The molecule has 110 valence electrons. The molecule has 21 heavy (non-hydrogen) atoms. The first kappa shape index (κ1) is 13.3. The van der Waals surface area contributed by atoms with Crippen molar-refractivity contribution in [1.82, 2.24) is 19.7 Å². The zero-order chi connectivity index (χ0) is 14.6. The smallest absolute Gasteiger partial charge is 0.218 e. The minimum Gasteiger partial charge on any atom is -0.369 e. The number of fused-ring (bicyclic) bond motifs is 2. The summed E-state index contributed by atoms with van der Waals surface area (Å²) in [5, 5.41) is 8.40. The molecule has 1 aliphatic heterocycles. The van der Waals surface area contributed by atoms with Crippen LogP contribution in [0.15, 0.2) is 17.0 Å². The molecule has 0 radical (unpaired) electrons. The Labute approximate surface area is 135 Å². The van der Waals surface area contributed by atoms with Crippen LogP contribution in [-0.2, 0) is 5.41 Å². The van der Waals surface area contributed by atoms with Gasteiger partial charge in [0.05, 0.1) is 15.5 Å². The number of hydrogen-bond acceptors (Lipinski definition) is 5. The highest BCUT2D eigenvalue weighted by Crippen LogP contribution is 2.54.